The zero-order valence-electron chi connectivity index (χ0n) is 50.8. The van der Waals surface area contributed by atoms with Crippen LogP contribution in [0.1, 0.15) is 380 Å². The highest BCUT2D eigenvalue weighted by Gasteiger charge is 2.18. The molecule has 2 atom stereocenters. The van der Waals surface area contributed by atoms with Crippen LogP contribution in [0.3, 0.4) is 0 Å². The molecule has 0 aliphatic heterocycles. The van der Waals surface area contributed by atoms with Gasteiger partial charge in [0.05, 0.1) is 25.4 Å². The number of aliphatic hydroxyl groups excluding tert-OH is 2. The Morgan fingerprint density at radius 3 is 0.947 bits per heavy atom. The van der Waals surface area contributed by atoms with Gasteiger partial charge in [-0.05, 0) is 57.8 Å². The van der Waals surface area contributed by atoms with Gasteiger partial charge in [0.1, 0.15) is 0 Å². The quantitative estimate of drug-likeness (QED) is 0.0320. The van der Waals surface area contributed by atoms with E-state index in [0.29, 0.717) is 19.4 Å². The van der Waals surface area contributed by atoms with E-state index in [1.165, 1.54) is 315 Å². The van der Waals surface area contributed by atoms with Gasteiger partial charge in [0.15, 0.2) is 0 Å². The highest BCUT2D eigenvalue weighted by atomic mass is 16.5. The first-order valence-electron chi connectivity index (χ1n) is 34.1. The topological polar surface area (TPSA) is 95.9 Å². The number of hydrogen-bond acceptors (Lipinski definition) is 5. The molecule has 0 fully saturated rings. The molecule has 6 nitrogen and oxygen atoms in total. The SMILES string of the molecule is CCCCCCCCCCCCCCCCCCCC/C=C/C(O)C(CO)NC(=O)CCCCCCCCCCC/C=C\CCCCCCCCCCCCCCOC(=O)CCCCCCCCCCCCCCC. The molecule has 0 aliphatic rings. The Hall–Kier alpha value is -1.66. The van der Waals surface area contributed by atoms with Crippen molar-refractivity contribution in [1.29, 1.82) is 0 Å². The molecule has 0 heterocycles. The van der Waals surface area contributed by atoms with Crippen LogP contribution in [0.4, 0.5) is 0 Å². The normalized spacial score (nSPS) is 12.6. The van der Waals surface area contributed by atoms with E-state index < -0.39 is 12.1 Å². The number of carbonyl (C=O) groups is 2. The highest BCUT2D eigenvalue weighted by Crippen LogP contribution is 2.18. The Kier molecular flexibility index (Phi) is 63.4. The fraction of sp³-hybridized carbons (Fsp3) is 0.913. The first-order valence-corrected chi connectivity index (χ1v) is 34.1. The summed E-state index contributed by atoms with van der Waals surface area (Å²) in [5.74, 6) is -0.0523. The second kappa shape index (κ2) is 64.9. The van der Waals surface area contributed by atoms with Gasteiger partial charge in [-0.3, -0.25) is 9.59 Å². The molecular formula is C69H133NO5. The Morgan fingerprint density at radius 1 is 0.360 bits per heavy atom. The van der Waals surface area contributed by atoms with Gasteiger partial charge in [-0.2, -0.15) is 0 Å². The summed E-state index contributed by atoms with van der Waals surface area (Å²) in [7, 11) is 0. The van der Waals surface area contributed by atoms with Gasteiger partial charge in [0.25, 0.3) is 0 Å². The number of nitrogens with one attached hydrogen (secondary N) is 1. The summed E-state index contributed by atoms with van der Waals surface area (Å²) >= 11 is 0. The number of amides is 1. The minimum atomic E-state index is -0.847. The summed E-state index contributed by atoms with van der Waals surface area (Å²) in [5.41, 5.74) is 0. The van der Waals surface area contributed by atoms with E-state index in [4.69, 9.17) is 4.74 Å². The van der Waals surface area contributed by atoms with Crippen LogP contribution in [0.5, 0.6) is 0 Å². The van der Waals surface area contributed by atoms with Crippen molar-refractivity contribution >= 4 is 11.9 Å². The predicted octanol–water partition coefficient (Wildman–Crippen LogP) is 21.8. The Labute approximate surface area is 469 Å². The van der Waals surface area contributed by atoms with Crippen molar-refractivity contribution < 1.29 is 24.5 Å². The van der Waals surface area contributed by atoms with Crippen molar-refractivity contribution in [3.8, 4) is 0 Å². The number of hydrogen-bond donors (Lipinski definition) is 3. The third-order valence-corrected chi connectivity index (χ3v) is 16.0. The highest BCUT2D eigenvalue weighted by molar-refractivity contribution is 5.76. The lowest BCUT2D eigenvalue weighted by molar-refractivity contribution is -0.143. The molecule has 1 amide bonds. The smallest absolute Gasteiger partial charge is 0.305 e. The number of allylic oxidation sites excluding steroid dienone is 3. The van der Waals surface area contributed by atoms with E-state index in [0.717, 1.165) is 38.5 Å². The van der Waals surface area contributed by atoms with E-state index in [2.05, 4.69) is 31.3 Å². The van der Waals surface area contributed by atoms with Crippen LogP contribution in [0.15, 0.2) is 24.3 Å². The summed E-state index contributed by atoms with van der Waals surface area (Å²) in [5, 5.41) is 23.2. The third kappa shape index (κ3) is 61.4. The van der Waals surface area contributed by atoms with Gasteiger partial charge in [0.2, 0.25) is 5.91 Å². The van der Waals surface area contributed by atoms with Gasteiger partial charge >= 0.3 is 5.97 Å². The standard InChI is InChI=1S/C69H133NO5/c1-3-5-7-9-11-13-15-17-18-19-20-28-31-34-38-41-45-49-53-57-61-67(72)66(65-71)70-68(73)62-58-54-50-46-42-39-35-32-29-26-24-22-21-23-25-27-30-33-36-40-44-48-52-56-60-64-75-69(74)63-59-55-51-47-43-37-16-14-12-10-8-6-4-2/h22,24,57,61,66-67,71-72H,3-21,23,25-56,58-60,62-65H2,1-2H3,(H,70,73)/b24-22-,61-57+. The van der Waals surface area contributed by atoms with E-state index in [1.807, 2.05) is 6.08 Å². The number of aliphatic hydroxyl groups is 2. The number of esters is 1. The molecule has 0 aromatic heterocycles. The molecule has 0 spiro atoms. The maximum absolute atomic E-state index is 12.5. The fourth-order valence-electron chi connectivity index (χ4n) is 10.7. The monoisotopic (exact) mass is 1060 g/mol. The van der Waals surface area contributed by atoms with Crippen LogP contribution < -0.4 is 5.32 Å². The van der Waals surface area contributed by atoms with E-state index >= 15 is 0 Å². The number of ether oxygens (including phenoxy) is 1. The molecule has 3 N–H and O–H groups in total. The van der Waals surface area contributed by atoms with Gasteiger partial charge in [-0.1, -0.05) is 334 Å². The molecule has 0 aromatic rings. The van der Waals surface area contributed by atoms with Crippen molar-refractivity contribution in [2.24, 2.45) is 0 Å². The lowest BCUT2D eigenvalue weighted by Crippen LogP contribution is -2.45. The van der Waals surface area contributed by atoms with Gasteiger partial charge in [0, 0.05) is 12.8 Å². The van der Waals surface area contributed by atoms with Crippen molar-refractivity contribution in [2.75, 3.05) is 13.2 Å². The van der Waals surface area contributed by atoms with Crippen molar-refractivity contribution in [2.45, 2.75) is 392 Å². The second-order valence-electron chi connectivity index (χ2n) is 23.5. The van der Waals surface area contributed by atoms with E-state index in [9.17, 15) is 19.8 Å². The summed E-state index contributed by atoms with van der Waals surface area (Å²) < 4.78 is 5.48. The van der Waals surface area contributed by atoms with Crippen LogP contribution in [-0.2, 0) is 14.3 Å². The Bertz CT molecular complexity index is 1170. The average Bonchev–Trinajstić information content (AvgIpc) is 3.41. The average molecular weight is 1060 g/mol. The van der Waals surface area contributed by atoms with Gasteiger partial charge in [-0.25, -0.2) is 0 Å². The van der Waals surface area contributed by atoms with Crippen molar-refractivity contribution in [3.63, 3.8) is 0 Å². The van der Waals surface area contributed by atoms with Crippen molar-refractivity contribution in [3.05, 3.63) is 24.3 Å². The first kappa shape index (κ1) is 73.3. The van der Waals surface area contributed by atoms with Crippen molar-refractivity contribution in [1.82, 2.24) is 5.32 Å². The second-order valence-corrected chi connectivity index (χ2v) is 23.5. The molecule has 0 saturated carbocycles. The van der Waals surface area contributed by atoms with Crippen LogP contribution in [0.2, 0.25) is 0 Å². The Balaban J connectivity index is 3.42. The molecule has 75 heavy (non-hydrogen) atoms. The predicted molar refractivity (Wildman–Crippen MR) is 329 cm³/mol. The molecule has 444 valence electrons. The minimum absolute atomic E-state index is 0.0152. The molecule has 2 unspecified atom stereocenters. The number of carbonyl (C=O) groups excluding carboxylic acids is 2. The first-order chi connectivity index (χ1) is 37.0. The molecule has 0 aliphatic carbocycles. The molecular weight excluding hydrogens is 923 g/mol. The maximum atomic E-state index is 12.5. The lowest BCUT2D eigenvalue weighted by atomic mass is 10.0. The summed E-state index contributed by atoms with van der Waals surface area (Å²) in [6.45, 7) is 4.94. The summed E-state index contributed by atoms with van der Waals surface area (Å²) in [4.78, 5) is 24.6. The van der Waals surface area contributed by atoms with E-state index in [1.54, 1.807) is 6.08 Å². The molecule has 0 rings (SSSR count). The zero-order valence-corrected chi connectivity index (χ0v) is 50.8. The van der Waals surface area contributed by atoms with Crippen LogP contribution in [0, 0.1) is 0 Å². The zero-order chi connectivity index (χ0) is 54.3. The minimum Gasteiger partial charge on any atom is -0.466 e. The molecule has 0 bridgehead atoms. The third-order valence-electron chi connectivity index (χ3n) is 16.0. The fourth-order valence-corrected chi connectivity index (χ4v) is 10.7. The lowest BCUT2D eigenvalue weighted by Gasteiger charge is -2.20. The van der Waals surface area contributed by atoms with Gasteiger partial charge < -0.3 is 20.3 Å². The molecule has 0 saturated heterocycles. The number of rotatable bonds is 64. The maximum Gasteiger partial charge on any atom is 0.305 e. The van der Waals surface area contributed by atoms with Crippen LogP contribution >= 0.6 is 0 Å². The summed E-state index contributed by atoms with van der Waals surface area (Å²) in [6, 6.07) is -0.631. The van der Waals surface area contributed by atoms with Crippen LogP contribution in [-0.4, -0.2) is 47.4 Å². The Morgan fingerprint density at radius 2 is 0.627 bits per heavy atom. The summed E-state index contributed by atoms with van der Waals surface area (Å²) in [6.07, 6.45) is 81.0. The molecule has 6 heteroatoms. The van der Waals surface area contributed by atoms with Gasteiger partial charge in [-0.15, -0.1) is 0 Å². The number of unbranched alkanes of at least 4 members (excludes halogenated alkanes) is 51. The van der Waals surface area contributed by atoms with Crippen LogP contribution in [0.25, 0.3) is 0 Å². The molecule has 0 aromatic carbocycles. The molecule has 0 radical (unpaired) electrons. The largest absolute Gasteiger partial charge is 0.466 e. The van der Waals surface area contributed by atoms with E-state index in [-0.39, 0.29) is 18.5 Å².